The third-order valence-corrected chi connectivity index (χ3v) is 5.08. The van der Waals surface area contributed by atoms with Gasteiger partial charge in [0.25, 0.3) is 11.8 Å². The van der Waals surface area contributed by atoms with Crippen LogP contribution in [0.4, 0.5) is 10.6 Å². The van der Waals surface area contributed by atoms with Crippen molar-refractivity contribution in [2.24, 2.45) is 0 Å². The second-order valence-electron chi connectivity index (χ2n) is 7.15. The zero-order valence-electron chi connectivity index (χ0n) is 17.5. The number of aromatic nitrogens is 1. The predicted molar refractivity (Wildman–Crippen MR) is 109 cm³/mol. The molecule has 10 nitrogen and oxygen atoms in total. The molecule has 1 fully saturated rings. The zero-order valence-corrected chi connectivity index (χ0v) is 17.5. The van der Waals surface area contributed by atoms with Crippen molar-refractivity contribution in [2.45, 2.75) is 45.3 Å². The number of rotatable bonds is 8. The lowest BCUT2D eigenvalue weighted by molar-refractivity contribution is -0.156. The number of hydrogen-bond donors (Lipinski definition) is 2. The van der Waals surface area contributed by atoms with Crippen LogP contribution < -0.4 is 10.6 Å². The van der Waals surface area contributed by atoms with E-state index in [0.29, 0.717) is 17.7 Å². The van der Waals surface area contributed by atoms with Crippen molar-refractivity contribution in [2.75, 3.05) is 11.9 Å². The Labute approximate surface area is 178 Å². The Morgan fingerprint density at radius 1 is 1.26 bits per heavy atom. The summed E-state index contributed by atoms with van der Waals surface area (Å²) in [6.45, 7) is 4.50. The van der Waals surface area contributed by atoms with Crippen molar-refractivity contribution in [1.82, 2.24) is 15.4 Å². The summed E-state index contributed by atoms with van der Waals surface area (Å²) in [5.74, 6) is -1.30. The molecule has 10 heteroatoms. The van der Waals surface area contributed by atoms with Crippen molar-refractivity contribution in [1.29, 1.82) is 0 Å². The molecule has 1 saturated heterocycles. The Hall–Kier alpha value is -3.69. The number of urea groups is 1. The van der Waals surface area contributed by atoms with Crippen LogP contribution in [-0.2, 0) is 24.7 Å². The number of benzene rings is 1. The molecule has 3 rings (SSSR count). The lowest BCUT2D eigenvalue weighted by Gasteiger charge is -2.25. The maximum Gasteiger partial charge on any atom is 0.327 e. The number of carbonyl (C=O) groups is 4. The van der Waals surface area contributed by atoms with Crippen LogP contribution in [0, 0.1) is 6.92 Å². The number of nitrogens with zero attached hydrogens (tertiary/aromatic N) is 2. The lowest BCUT2D eigenvalue weighted by atomic mass is 9.87. The molecule has 2 atom stereocenters. The van der Waals surface area contributed by atoms with Gasteiger partial charge in [0, 0.05) is 6.07 Å². The van der Waals surface area contributed by atoms with Crippen molar-refractivity contribution in [3.05, 3.63) is 47.7 Å². The molecule has 1 aromatic heterocycles. The van der Waals surface area contributed by atoms with Crippen LogP contribution in [0.1, 0.15) is 38.0 Å². The van der Waals surface area contributed by atoms with Gasteiger partial charge >= 0.3 is 12.0 Å². The zero-order chi connectivity index (χ0) is 22.6. The fraction of sp³-hybridized carbons (Fsp3) is 0.381. The van der Waals surface area contributed by atoms with Gasteiger partial charge < -0.3 is 19.9 Å². The molecule has 2 unspecified atom stereocenters. The van der Waals surface area contributed by atoms with E-state index in [9.17, 15) is 19.2 Å². The van der Waals surface area contributed by atoms with Crippen molar-refractivity contribution in [3.8, 4) is 0 Å². The average molecular weight is 428 g/mol. The molecule has 0 aliphatic carbocycles. The third kappa shape index (κ3) is 4.42. The van der Waals surface area contributed by atoms with Crippen molar-refractivity contribution >= 4 is 29.6 Å². The quantitative estimate of drug-likeness (QED) is 0.486. The smallest absolute Gasteiger partial charge is 0.327 e. The maximum absolute atomic E-state index is 13.1. The first kappa shape index (κ1) is 22.0. The molecular formula is C21H24N4O6. The molecule has 2 aromatic rings. The van der Waals surface area contributed by atoms with Gasteiger partial charge in [0.2, 0.25) is 0 Å². The van der Waals surface area contributed by atoms with Gasteiger partial charge in [-0.25, -0.2) is 4.79 Å². The number of nitrogens with one attached hydrogen (secondary N) is 2. The van der Waals surface area contributed by atoms with Gasteiger partial charge in [-0.1, -0.05) is 49.3 Å². The lowest BCUT2D eigenvalue weighted by Crippen LogP contribution is -2.44. The molecule has 31 heavy (non-hydrogen) atoms. The number of ether oxygens (including phenoxy) is 1. The summed E-state index contributed by atoms with van der Waals surface area (Å²) in [5, 5.41) is 8.84. The Morgan fingerprint density at radius 2 is 1.97 bits per heavy atom. The molecule has 0 bridgehead atoms. The molecule has 4 amide bonds. The van der Waals surface area contributed by atoms with E-state index in [1.807, 2.05) is 0 Å². The molecule has 2 N–H and O–H groups in total. The molecule has 1 aliphatic rings. The maximum atomic E-state index is 13.1. The van der Waals surface area contributed by atoms with E-state index in [-0.39, 0.29) is 12.2 Å². The average Bonchev–Trinajstić information content (AvgIpc) is 3.28. The highest BCUT2D eigenvalue weighted by molar-refractivity contribution is 6.09. The summed E-state index contributed by atoms with van der Waals surface area (Å²) in [4.78, 5) is 51.2. The van der Waals surface area contributed by atoms with Crippen LogP contribution in [-0.4, -0.2) is 46.5 Å². The SMILES string of the molecule is CCC(OC(=O)CN1C(=O)NC(CC)(c2ccccc2)C1=O)C(=O)Nc1cc(C)on1. The Balaban J connectivity index is 1.67. The van der Waals surface area contributed by atoms with Crippen molar-refractivity contribution < 1.29 is 28.4 Å². The molecule has 0 saturated carbocycles. The first-order valence-corrected chi connectivity index (χ1v) is 9.94. The van der Waals surface area contributed by atoms with E-state index in [1.54, 1.807) is 51.1 Å². The van der Waals surface area contributed by atoms with Gasteiger partial charge in [0.15, 0.2) is 11.9 Å². The van der Waals surface area contributed by atoms with Gasteiger partial charge in [0.1, 0.15) is 17.8 Å². The molecule has 0 spiro atoms. The summed E-state index contributed by atoms with van der Waals surface area (Å²) in [6, 6.07) is 9.66. The van der Waals surface area contributed by atoms with E-state index in [0.717, 1.165) is 4.90 Å². The van der Waals surface area contributed by atoms with E-state index in [1.165, 1.54) is 6.07 Å². The molecule has 2 heterocycles. The fourth-order valence-electron chi connectivity index (χ4n) is 3.41. The Kier molecular flexibility index (Phi) is 6.38. The van der Waals surface area contributed by atoms with Gasteiger partial charge in [-0.15, -0.1) is 0 Å². The molecule has 1 aromatic carbocycles. The number of carbonyl (C=O) groups excluding carboxylic acids is 4. The first-order valence-electron chi connectivity index (χ1n) is 9.94. The van der Waals surface area contributed by atoms with Gasteiger partial charge in [-0.05, 0) is 25.3 Å². The minimum absolute atomic E-state index is 0.192. The molecule has 1 aliphatic heterocycles. The molecule has 0 radical (unpaired) electrons. The monoisotopic (exact) mass is 428 g/mol. The van der Waals surface area contributed by atoms with E-state index in [4.69, 9.17) is 9.26 Å². The normalized spacial score (nSPS) is 19.1. The number of esters is 1. The van der Waals surface area contributed by atoms with Crippen LogP contribution in [0.5, 0.6) is 0 Å². The second kappa shape index (κ2) is 8.99. The summed E-state index contributed by atoms with van der Waals surface area (Å²) < 4.78 is 10.1. The third-order valence-electron chi connectivity index (χ3n) is 5.08. The largest absolute Gasteiger partial charge is 0.451 e. The van der Waals surface area contributed by atoms with Crippen LogP contribution in [0.15, 0.2) is 40.9 Å². The second-order valence-corrected chi connectivity index (χ2v) is 7.15. The van der Waals surface area contributed by atoms with Crippen LogP contribution >= 0.6 is 0 Å². The van der Waals surface area contributed by atoms with Gasteiger partial charge in [0.05, 0.1) is 0 Å². The summed E-state index contributed by atoms with van der Waals surface area (Å²) >= 11 is 0. The van der Waals surface area contributed by atoms with E-state index in [2.05, 4.69) is 15.8 Å². The van der Waals surface area contributed by atoms with E-state index < -0.39 is 42.0 Å². The fourth-order valence-corrected chi connectivity index (χ4v) is 3.41. The number of aryl methyl sites for hydroxylation is 1. The Morgan fingerprint density at radius 3 is 2.55 bits per heavy atom. The first-order chi connectivity index (χ1) is 14.8. The number of imide groups is 1. The van der Waals surface area contributed by atoms with Crippen LogP contribution in [0.3, 0.4) is 0 Å². The molecular weight excluding hydrogens is 404 g/mol. The van der Waals surface area contributed by atoms with Crippen LogP contribution in [0.25, 0.3) is 0 Å². The minimum Gasteiger partial charge on any atom is -0.451 e. The molecule has 164 valence electrons. The topological polar surface area (TPSA) is 131 Å². The van der Waals surface area contributed by atoms with Gasteiger partial charge in [-0.3, -0.25) is 19.3 Å². The van der Waals surface area contributed by atoms with E-state index >= 15 is 0 Å². The number of anilines is 1. The highest BCUT2D eigenvalue weighted by atomic mass is 16.5. The van der Waals surface area contributed by atoms with Crippen molar-refractivity contribution in [3.63, 3.8) is 0 Å². The summed E-state index contributed by atoms with van der Waals surface area (Å²) in [6.07, 6.45) is -0.614. The minimum atomic E-state index is -1.25. The highest BCUT2D eigenvalue weighted by Crippen LogP contribution is 2.32. The summed E-state index contributed by atoms with van der Waals surface area (Å²) in [7, 11) is 0. The number of amides is 4. The number of hydrogen-bond acceptors (Lipinski definition) is 7. The Bertz CT molecular complexity index is 989. The van der Waals surface area contributed by atoms with Gasteiger partial charge in [-0.2, -0.15) is 0 Å². The summed E-state index contributed by atoms with van der Waals surface area (Å²) in [5.41, 5.74) is -0.620. The van der Waals surface area contributed by atoms with Crippen LogP contribution in [0.2, 0.25) is 0 Å². The predicted octanol–water partition coefficient (Wildman–Crippen LogP) is 2.10. The standard InChI is InChI=1S/C21H24N4O6/c1-4-15(18(27)22-16-11-13(3)31-24-16)30-17(26)12-25-19(28)21(5-2,23-20(25)29)14-9-7-6-8-10-14/h6-11,15H,4-5,12H2,1-3H3,(H,23,29)(H,22,24,27). The highest BCUT2D eigenvalue weighted by Gasteiger charge is 2.51.